The van der Waals surface area contributed by atoms with E-state index in [0.29, 0.717) is 0 Å². The Balaban J connectivity index is 1.96. The summed E-state index contributed by atoms with van der Waals surface area (Å²) in [5.41, 5.74) is 7.79. The second-order valence-electron chi connectivity index (χ2n) is 7.01. The van der Waals surface area contributed by atoms with Gasteiger partial charge in [-0.1, -0.05) is 71.3 Å². The van der Waals surface area contributed by atoms with E-state index < -0.39 is 0 Å². The lowest BCUT2D eigenvalue weighted by molar-refractivity contribution is 0.112. The van der Waals surface area contributed by atoms with E-state index in [0.717, 1.165) is 36.2 Å². The maximum absolute atomic E-state index is 11.7. The predicted octanol–water partition coefficient (Wildman–Crippen LogP) is 5.63. The zero-order chi connectivity index (χ0) is 18.5. The molecule has 132 valence electrons. The summed E-state index contributed by atoms with van der Waals surface area (Å²) >= 11 is 0. The Morgan fingerprint density at radius 1 is 0.692 bits per heavy atom. The van der Waals surface area contributed by atoms with E-state index in [4.69, 9.17) is 0 Å². The number of aldehydes is 1. The highest BCUT2D eigenvalue weighted by Crippen LogP contribution is 2.25. The fourth-order valence-corrected chi connectivity index (χ4v) is 3.11. The zero-order valence-corrected chi connectivity index (χ0v) is 15.7. The van der Waals surface area contributed by atoms with E-state index in [2.05, 4.69) is 79.4 Å². The van der Waals surface area contributed by atoms with Gasteiger partial charge in [-0.3, -0.25) is 4.79 Å². The van der Waals surface area contributed by atoms with Gasteiger partial charge in [0.15, 0.2) is 6.29 Å². The molecule has 0 saturated heterocycles. The van der Waals surface area contributed by atoms with E-state index in [1.165, 1.54) is 22.3 Å². The van der Waals surface area contributed by atoms with Crippen molar-refractivity contribution in [1.82, 2.24) is 0 Å². The summed E-state index contributed by atoms with van der Waals surface area (Å²) in [7, 11) is 0. The number of hydrogen-bond donors (Lipinski definition) is 0. The molecule has 0 aliphatic heterocycles. The molecule has 0 fully saturated rings. The number of benzene rings is 3. The smallest absolute Gasteiger partial charge is 0.152 e. The van der Waals surface area contributed by atoms with Gasteiger partial charge >= 0.3 is 0 Å². The van der Waals surface area contributed by atoms with Crippen molar-refractivity contribution in [3.8, 4) is 0 Å². The molecule has 0 atom stereocenters. The molecule has 3 aromatic carbocycles. The fraction of sp³-hybridized carbons (Fsp3) is 0.208. The monoisotopic (exact) mass is 343 g/mol. The van der Waals surface area contributed by atoms with Crippen LogP contribution in [0.25, 0.3) is 0 Å². The van der Waals surface area contributed by atoms with E-state index in [1.807, 2.05) is 13.0 Å². The van der Waals surface area contributed by atoms with Crippen LogP contribution in [-0.4, -0.2) is 6.29 Å². The highest BCUT2D eigenvalue weighted by Gasteiger charge is 2.13. The van der Waals surface area contributed by atoms with Crippen LogP contribution in [0.2, 0.25) is 0 Å². The molecule has 0 amide bonds. The summed E-state index contributed by atoms with van der Waals surface area (Å²) in [6.07, 6.45) is 0.958. The van der Waals surface area contributed by atoms with Crippen molar-refractivity contribution in [2.45, 2.75) is 33.9 Å². The molecule has 0 unspecified atom stereocenters. The van der Waals surface area contributed by atoms with Crippen LogP contribution in [0.4, 0.5) is 5.69 Å². The van der Waals surface area contributed by atoms with Crippen molar-refractivity contribution in [3.05, 3.63) is 100 Å². The molecule has 0 saturated carbocycles. The number of nitrogens with zero attached hydrogens (tertiary/aromatic N) is 1. The molecule has 0 aromatic heterocycles. The molecule has 0 aliphatic rings. The topological polar surface area (TPSA) is 20.3 Å². The van der Waals surface area contributed by atoms with Gasteiger partial charge in [0.05, 0.1) is 0 Å². The standard InChI is InChI=1S/C24H25NO/c1-18-4-9-21(10-5-18)15-25(16-22-11-6-19(2)7-12-22)24-13-8-20(3)14-23(24)17-26/h4-14,17H,15-16H2,1-3H3. The molecular formula is C24H25NO. The Morgan fingerprint density at radius 3 is 1.62 bits per heavy atom. The first-order valence-electron chi connectivity index (χ1n) is 8.97. The van der Waals surface area contributed by atoms with Gasteiger partial charge in [-0.15, -0.1) is 0 Å². The van der Waals surface area contributed by atoms with Crippen molar-refractivity contribution < 1.29 is 4.79 Å². The van der Waals surface area contributed by atoms with Crippen molar-refractivity contribution >= 4 is 12.0 Å². The van der Waals surface area contributed by atoms with Crippen LogP contribution in [0.15, 0.2) is 66.7 Å². The Hall–Kier alpha value is -2.87. The summed E-state index contributed by atoms with van der Waals surface area (Å²) in [6.45, 7) is 7.73. The average molecular weight is 343 g/mol. The van der Waals surface area contributed by atoms with Crippen LogP contribution in [0.3, 0.4) is 0 Å². The number of carbonyl (C=O) groups is 1. The van der Waals surface area contributed by atoms with Crippen LogP contribution in [-0.2, 0) is 13.1 Å². The van der Waals surface area contributed by atoms with Gasteiger partial charge in [0, 0.05) is 24.3 Å². The SMILES string of the molecule is Cc1ccc(CN(Cc2ccc(C)cc2)c2ccc(C)cc2C=O)cc1. The highest BCUT2D eigenvalue weighted by molar-refractivity contribution is 5.85. The van der Waals surface area contributed by atoms with Crippen LogP contribution in [0, 0.1) is 20.8 Å². The number of hydrogen-bond acceptors (Lipinski definition) is 2. The number of anilines is 1. The van der Waals surface area contributed by atoms with Gasteiger partial charge in [0.25, 0.3) is 0 Å². The molecular weight excluding hydrogens is 318 g/mol. The lowest BCUT2D eigenvalue weighted by Crippen LogP contribution is -2.23. The van der Waals surface area contributed by atoms with Crippen molar-refractivity contribution in [3.63, 3.8) is 0 Å². The highest BCUT2D eigenvalue weighted by atomic mass is 16.1. The van der Waals surface area contributed by atoms with Gasteiger partial charge in [-0.05, 0) is 44.0 Å². The van der Waals surface area contributed by atoms with Gasteiger partial charge < -0.3 is 4.90 Å². The van der Waals surface area contributed by atoms with Crippen molar-refractivity contribution in [1.29, 1.82) is 0 Å². The third-order valence-corrected chi connectivity index (χ3v) is 4.64. The number of aryl methyl sites for hydroxylation is 3. The molecule has 0 bridgehead atoms. The summed E-state index contributed by atoms with van der Waals surface area (Å²) < 4.78 is 0. The Labute approximate surface area is 156 Å². The van der Waals surface area contributed by atoms with E-state index in [1.54, 1.807) is 0 Å². The molecule has 2 heteroatoms. The first kappa shape index (κ1) is 17.9. The molecule has 2 nitrogen and oxygen atoms in total. The Kier molecular flexibility index (Phi) is 5.52. The Morgan fingerprint density at radius 2 is 1.15 bits per heavy atom. The number of carbonyl (C=O) groups excluding carboxylic acids is 1. The summed E-state index contributed by atoms with van der Waals surface area (Å²) in [5.74, 6) is 0. The first-order chi connectivity index (χ1) is 12.5. The van der Waals surface area contributed by atoms with Crippen LogP contribution < -0.4 is 4.90 Å². The predicted molar refractivity (Wildman–Crippen MR) is 109 cm³/mol. The molecule has 0 N–H and O–H groups in total. The molecule has 0 spiro atoms. The van der Waals surface area contributed by atoms with Gasteiger partial charge in [-0.2, -0.15) is 0 Å². The second-order valence-corrected chi connectivity index (χ2v) is 7.01. The lowest BCUT2D eigenvalue weighted by atomic mass is 10.1. The second kappa shape index (κ2) is 8.01. The average Bonchev–Trinajstić information content (AvgIpc) is 2.64. The maximum Gasteiger partial charge on any atom is 0.152 e. The molecule has 3 aromatic rings. The molecule has 3 rings (SSSR count). The van der Waals surface area contributed by atoms with E-state index >= 15 is 0 Å². The number of rotatable bonds is 6. The van der Waals surface area contributed by atoms with Crippen molar-refractivity contribution in [2.75, 3.05) is 4.90 Å². The third-order valence-electron chi connectivity index (χ3n) is 4.64. The quantitative estimate of drug-likeness (QED) is 0.541. The summed E-state index contributed by atoms with van der Waals surface area (Å²) in [6, 6.07) is 23.3. The summed E-state index contributed by atoms with van der Waals surface area (Å²) in [5, 5.41) is 0. The van der Waals surface area contributed by atoms with Gasteiger partial charge in [0.2, 0.25) is 0 Å². The van der Waals surface area contributed by atoms with Crippen LogP contribution >= 0.6 is 0 Å². The summed E-state index contributed by atoms with van der Waals surface area (Å²) in [4.78, 5) is 13.9. The minimum absolute atomic E-state index is 0.740. The maximum atomic E-state index is 11.7. The van der Waals surface area contributed by atoms with Crippen LogP contribution in [0.5, 0.6) is 0 Å². The normalized spacial score (nSPS) is 10.6. The minimum Gasteiger partial charge on any atom is -0.362 e. The molecule has 0 radical (unpaired) electrons. The fourth-order valence-electron chi connectivity index (χ4n) is 3.11. The minimum atomic E-state index is 0.740. The molecule has 0 heterocycles. The molecule has 26 heavy (non-hydrogen) atoms. The van der Waals surface area contributed by atoms with E-state index in [9.17, 15) is 4.79 Å². The first-order valence-corrected chi connectivity index (χ1v) is 8.97. The van der Waals surface area contributed by atoms with Gasteiger partial charge in [0.1, 0.15) is 0 Å². The van der Waals surface area contributed by atoms with Crippen molar-refractivity contribution in [2.24, 2.45) is 0 Å². The zero-order valence-electron chi connectivity index (χ0n) is 15.7. The largest absolute Gasteiger partial charge is 0.362 e. The third kappa shape index (κ3) is 4.40. The van der Waals surface area contributed by atoms with E-state index in [-0.39, 0.29) is 0 Å². The molecule has 0 aliphatic carbocycles. The lowest BCUT2D eigenvalue weighted by Gasteiger charge is -2.27. The van der Waals surface area contributed by atoms with Gasteiger partial charge in [-0.25, -0.2) is 0 Å². The Bertz CT molecular complexity index is 832. The van der Waals surface area contributed by atoms with Crippen LogP contribution in [0.1, 0.15) is 38.2 Å².